The van der Waals surface area contributed by atoms with Crippen LogP contribution in [0.5, 0.6) is 0 Å². The molecular formula is C14H15F4N3O2. The quantitative estimate of drug-likeness (QED) is 0.812. The van der Waals surface area contributed by atoms with Crippen molar-refractivity contribution in [2.75, 3.05) is 19.6 Å². The highest BCUT2D eigenvalue weighted by atomic mass is 19.4. The van der Waals surface area contributed by atoms with Gasteiger partial charge in [-0.2, -0.15) is 13.2 Å². The molecule has 1 aliphatic heterocycles. The second-order valence-electron chi connectivity index (χ2n) is 5.16. The summed E-state index contributed by atoms with van der Waals surface area (Å²) < 4.78 is 49.9. The zero-order valence-corrected chi connectivity index (χ0v) is 12.2. The number of carbonyl (C=O) groups excluding carboxylic acids is 2. The van der Waals surface area contributed by atoms with E-state index in [1.807, 2.05) is 0 Å². The first-order chi connectivity index (χ1) is 10.7. The zero-order valence-electron chi connectivity index (χ0n) is 12.2. The molecule has 1 aromatic rings. The van der Waals surface area contributed by atoms with Gasteiger partial charge < -0.3 is 15.5 Å². The van der Waals surface area contributed by atoms with Crippen molar-refractivity contribution in [2.24, 2.45) is 0 Å². The molecule has 1 aromatic carbocycles. The SMILES string of the molecule is Cc1cc(F)ccc1[C@H]1C(=O)NCCN1C(=O)NCC(F)(F)F. The highest BCUT2D eigenvalue weighted by Gasteiger charge is 2.37. The smallest absolute Gasteiger partial charge is 0.352 e. The fourth-order valence-corrected chi connectivity index (χ4v) is 2.42. The van der Waals surface area contributed by atoms with Crippen LogP contribution in [0, 0.1) is 12.7 Å². The highest BCUT2D eigenvalue weighted by molar-refractivity contribution is 5.89. The Morgan fingerprint density at radius 2 is 2.13 bits per heavy atom. The number of hydrogen-bond donors (Lipinski definition) is 2. The fourth-order valence-electron chi connectivity index (χ4n) is 2.42. The Hall–Kier alpha value is -2.32. The fraction of sp³-hybridized carbons (Fsp3) is 0.429. The number of alkyl halides is 3. The Morgan fingerprint density at radius 1 is 1.43 bits per heavy atom. The van der Waals surface area contributed by atoms with E-state index in [1.54, 1.807) is 12.2 Å². The molecule has 1 heterocycles. The third kappa shape index (κ3) is 4.11. The standard InChI is InChI=1S/C14H15F4N3O2/c1-8-6-9(15)2-3-10(8)11-12(22)19-4-5-21(11)13(23)20-7-14(16,17)18/h2-3,6,11H,4-5,7H2,1H3,(H,19,22)(H,20,23)/t11-/m0/s1. The number of amides is 3. The van der Waals surface area contributed by atoms with Crippen molar-refractivity contribution in [1.82, 2.24) is 15.5 Å². The van der Waals surface area contributed by atoms with Gasteiger partial charge in [-0.1, -0.05) is 6.07 Å². The largest absolute Gasteiger partial charge is 0.405 e. The number of carbonyl (C=O) groups is 2. The average Bonchev–Trinajstić information content (AvgIpc) is 2.44. The number of halogens is 4. The number of aryl methyl sites for hydroxylation is 1. The number of nitrogens with zero attached hydrogens (tertiary/aromatic N) is 1. The maximum absolute atomic E-state index is 13.2. The third-order valence-corrected chi connectivity index (χ3v) is 3.44. The minimum Gasteiger partial charge on any atom is -0.352 e. The number of urea groups is 1. The summed E-state index contributed by atoms with van der Waals surface area (Å²) in [6.07, 6.45) is -4.55. The molecule has 0 bridgehead atoms. The van der Waals surface area contributed by atoms with Crippen LogP contribution in [0.3, 0.4) is 0 Å². The number of benzene rings is 1. The first-order valence-electron chi connectivity index (χ1n) is 6.84. The van der Waals surface area contributed by atoms with Gasteiger partial charge in [0.25, 0.3) is 0 Å². The van der Waals surface area contributed by atoms with Crippen molar-refractivity contribution < 1.29 is 27.2 Å². The second-order valence-corrected chi connectivity index (χ2v) is 5.16. The van der Waals surface area contributed by atoms with Gasteiger partial charge in [0, 0.05) is 13.1 Å². The van der Waals surface area contributed by atoms with E-state index >= 15 is 0 Å². The summed E-state index contributed by atoms with van der Waals surface area (Å²) in [4.78, 5) is 25.1. The summed E-state index contributed by atoms with van der Waals surface area (Å²) in [7, 11) is 0. The van der Waals surface area contributed by atoms with Gasteiger partial charge in [-0.25, -0.2) is 9.18 Å². The lowest BCUT2D eigenvalue weighted by molar-refractivity contribution is -0.128. The normalized spacial score (nSPS) is 18.6. The molecule has 1 fully saturated rings. The van der Waals surface area contributed by atoms with Gasteiger partial charge in [-0.3, -0.25) is 4.79 Å². The van der Waals surface area contributed by atoms with Crippen molar-refractivity contribution in [3.63, 3.8) is 0 Å². The zero-order chi connectivity index (χ0) is 17.2. The van der Waals surface area contributed by atoms with Gasteiger partial charge in [0.2, 0.25) is 5.91 Å². The lowest BCUT2D eigenvalue weighted by atomic mass is 9.98. The van der Waals surface area contributed by atoms with E-state index in [1.165, 1.54) is 12.1 Å². The van der Waals surface area contributed by atoms with Gasteiger partial charge in [0.1, 0.15) is 18.4 Å². The lowest BCUT2D eigenvalue weighted by Gasteiger charge is -2.36. The molecule has 1 atom stereocenters. The Morgan fingerprint density at radius 3 is 2.74 bits per heavy atom. The highest BCUT2D eigenvalue weighted by Crippen LogP contribution is 2.27. The summed E-state index contributed by atoms with van der Waals surface area (Å²) in [5, 5.41) is 4.30. The van der Waals surface area contributed by atoms with Crippen LogP contribution in [0.15, 0.2) is 18.2 Å². The van der Waals surface area contributed by atoms with Crippen LogP contribution in [-0.2, 0) is 4.79 Å². The minimum atomic E-state index is -4.55. The molecule has 0 unspecified atom stereocenters. The first kappa shape index (κ1) is 17.0. The number of nitrogens with one attached hydrogen (secondary N) is 2. The Balaban J connectivity index is 2.25. The number of rotatable bonds is 2. The molecule has 5 nitrogen and oxygen atoms in total. The van der Waals surface area contributed by atoms with E-state index in [9.17, 15) is 27.2 Å². The molecule has 0 spiro atoms. The molecule has 0 aliphatic carbocycles. The average molecular weight is 333 g/mol. The molecule has 3 amide bonds. The third-order valence-electron chi connectivity index (χ3n) is 3.44. The van der Waals surface area contributed by atoms with Crippen LogP contribution >= 0.6 is 0 Å². The Bertz CT molecular complexity index is 619. The van der Waals surface area contributed by atoms with Crippen LogP contribution in [0.1, 0.15) is 17.2 Å². The molecular weight excluding hydrogens is 318 g/mol. The van der Waals surface area contributed by atoms with Crippen molar-refractivity contribution in [3.05, 3.63) is 35.1 Å². The molecule has 1 aliphatic rings. The van der Waals surface area contributed by atoms with E-state index in [0.29, 0.717) is 11.1 Å². The van der Waals surface area contributed by atoms with Gasteiger partial charge in [0.15, 0.2) is 0 Å². The molecule has 0 saturated carbocycles. The maximum atomic E-state index is 13.2. The topological polar surface area (TPSA) is 61.4 Å². The molecule has 0 radical (unpaired) electrons. The second kappa shape index (κ2) is 6.43. The minimum absolute atomic E-state index is 0.0525. The van der Waals surface area contributed by atoms with E-state index in [2.05, 4.69) is 5.32 Å². The predicted molar refractivity (Wildman–Crippen MR) is 73.0 cm³/mol. The van der Waals surface area contributed by atoms with Crippen molar-refractivity contribution in [3.8, 4) is 0 Å². The Labute approximate surface area is 129 Å². The van der Waals surface area contributed by atoms with Gasteiger partial charge >= 0.3 is 12.2 Å². The summed E-state index contributed by atoms with van der Waals surface area (Å²) >= 11 is 0. The molecule has 1 saturated heterocycles. The van der Waals surface area contributed by atoms with Crippen molar-refractivity contribution >= 4 is 11.9 Å². The first-order valence-corrected chi connectivity index (χ1v) is 6.84. The van der Waals surface area contributed by atoms with E-state index in [0.717, 1.165) is 11.0 Å². The van der Waals surface area contributed by atoms with Gasteiger partial charge in [0.05, 0.1) is 0 Å². The molecule has 126 valence electrons. The van der Waals surface area contributed by atoms with Gasteiger partial charge in [-0.15, -0.1) is 0 Å². The van der Waals surface area contributed by atoms with Crippen LogP contribution in [0.25, 0.3) is 0 Å². The van der Waals surface area contributed by atoms with Crippen LogP contribution in [0.4, 0.5) is 22.4 Å². The number of hydrogen-bond acceptors (Lipinski definition) is 2. The van der Waals surface area contributed by atoms with Crippen LogP contribution < -0.4 is 10.6 Å². The predicted octanol–water partition coefficient (Wildman–Crippen LogP) is 1.88. The van der Waals surface area contributed by atoms with E-state index in [4.69, 9.17) is 0 Å². The lowest BCUT2D eigenvalue weighted by Crippen LogP contribution is -2.55. The van der Waals surface area contributed by atoms with Crippen LogP contribution in [0.2, 0.25) is 0 Å². The Kier molecular flexibility index (Phi) is 4.76. The molecule has 0 aromatic heterocycles. The van der Waals surface area contributed by atoms with Crippen LogP contribution in [-0.4, -0.2) is 42.6 Å². The summed E-state index contributed by atoms with van der Waals surface area (Å²) in [6, 6.07) is 1.59. The maximum Gasteiger partial charge on any atom is 0.405 e. The van der Waals surface area contributed by atoms with Crippen molar-refractivity contribution in [2.45, 2.75) is 19.1 Å². The molecule has 2 rings (SSSR count). The summed E-state index contributed by atoms with van der Waals surface area (Å²) in [6.45, 7) is 0.261. The number of piperazine rings is 1. The molecule has 9 heteroatoms. The summed E-state index contributed by atoms with van der Waals surface area (Å²) in [5.41, 5.74) is 0.798. The summed E-state index contributed by atoms with van der Waals surface area (Å²) in [5.74, 6) is -1.02. The van der Waals surface area contributed by atoms with E-state index < -0.39 is 36.5 Å². The monoisotopic (exact) mass is 333 g/mol. The van der Waals surface area contributed by atoms with Gasteiger partial charge in [-0.05, 0) is 30.2 Å². The molecule has 2 N–H and O–H groups in total. The van der Waals surface area contributed by atoms with E-state index in [-0.39, 0.29) is 13.1 Å². The molecule has 23 heavy (non-hydrogen) atoms. The van der Waals surface area contributed by atoms with Crippen molar-refractivity contribution in [1.29, 1.82) is 0 Å².